The van der Waals surface area contributed by atoms with Crippen molar-refractivity contribution in [1.29, 1.82) is 0 Å². The van der Waals surface area contributed by atoms with Crippen molar-refractivity contribution < 1.29 is 9.53 Å². The van der Waals surface area contributed by atoms with Gasteiger partial charge in [-0.15, -0.1) is 0 Å². The Balaban J connectivity index is 1.56. The average molecular weight is 393 g/mol. The number of H-pyrrole nitrogens is 1. The molecule has 1 fully saturated rings. The standard InChI is InChI=1S/C22H23N3O4/c1-2-25-21(27)18-11-10-14(12-19(18)24-22(25)28)20(26)23-15-6-5-9-17(13-15)29-16-7-3-4-8-16/h5-6,9-13,16H,2-4,7-8H2,1H3,(H,23,26)(H,24,28). The number of benzene rings is 2. The Morgan fingerprint density at radius 2 is 1.97 bits per heavy atom. The van der Waals surface area contributed by atoms with Crippen LogP contribution in [0.5, 0.6) is 5.75 Å². The maximum atomic E-state index is 12.7. The van der Waals surface area contributed by atoms with Gasteiger partial charge in [0, 0.05) is 23.9 Å². The molecule has 3 aromatic rings. The number of hydrogen-bond donors (Lipinski definition) is 2. The van der Waals surface area contributed by atoms with E-state index in [1.54, 1.807) is 31.2 Å². The first-order valence-corrected chi connectivity index (χ1v) is 9.90. The first kappa shape index (κ1) is 19.0. The molecule has 1 aliphatic carbocycles. The number of ether oxygens (including phenoxy) is 1. The lowest BCUT2D eigenvalue weighted by Crippen LogP contribution is -2.34. The van der Waals surface area contributed by atoms with Crippen molar-refractivity contribution in [1.82, 2.24) is 9.55 Å². The first-order valence-electron chi connectivity index (χ1n) is 9.90. The van der Waals surface area contributed by atoms with Crippen LogP contribution in [-0.2, 0) is 6.54 Å². The predicted octanol–water partition coefficient (Wildman–Crippen LogP) is 3.28. The van der Waals surface area contributed by atoms with E-state index in [4.69, 9.17) is 4.74 Å². The van der Waals surface area contributed by atoms with Crippen molar-refractivity contribution in [3.05, 3.63) is 68.9 Å². The van der Waals surface area contributed by atoms with Gasteiger partial charge >= 0.3 is 5.69 Å². The topological polar surface area (TPSA) is 93.2 Å². The fraction of sp³-hybridized carbons (Fsp3) is 0.318. The molecule has 2 N–H and O–H groups in total. The highest BCUT2D eigenvalue weighted by Gasteiger charge is 2.17. The normalized spacial score (nSPS) is 14.2. The zero-order valence-corrected chi connectivity index (χ0v) is 16.2. The Morgan fingerprint density at radius 3 is 2.72 bits per heavy atom. The number of carbonyl (C=O) groups excluding carboxylic acids is 1. The summed E-state index contributed by atoms with van der Waals surface area (Å²) >= 11 is 0. The van der Waals surface area contributed by atoms with Gasteiger partial charge in [0.25, 0.3) is 11.5 Å². The van der Waals surface area contributed by atoms with Crippen LogP contribution in [0.15, 0.2) is 52.1 Å². The van der Waals surface area contributed by atoms with Gasteiger partial charge in [-0.1, -0.05) is 6.07 Å². The Bertz CT molecular complexity index is 1170. The summed E-state index contributed by atoms with van der Waals surface area (Å²) in [6, 6.07) is 12.0. The van der Waals surface area contributed by atoms with Crippen molar-refractivity contribution in [2.75, 3.05) is 5.32 Å². The van der Waals surface area contributed by atoms with Crippen LogP contribution in [0.3, 0.4) is 0 Å². The fourth-order valence-electron chi connectivity index (χ4n) is 3.73. The number of rotatable bonds is 5. The van der Waals surface area contributed by atoms with Gasteiger partial charge in [-0.2, -0.15) is 0 Å². The van der Waals surface area contributed by atoms with E-state index in [-0.39, 0.29) is 24.1 Å². The molecule has 1 saturated carbocycles. The molecule has 0 radical (unpaired) electrons. The average Bonchev–Trinajstić information content (AvgIpc) is 3.21. The van der Waals surface area contributed by atoms with Gasteiger partial charge in [0.1, 0.15) is 5.75 Å². The molecule has 150 valence electrons. The number of fused-ring (bicyclic) bond motifs is 1. The third-order valence-corrected chi connectivity index (χ3v) is 5.26. The van der Waals surface area contributed by atoms with E-state index in [9.17, 15) is 14.4 Å². The molecule has 1 amide bonds. The van der Waals surface area contributed by atoms with E-state index in [1.807, 2.05) is 12.1 Å². The van der Waals surface area contributed by atoms with Gasteiger partial charge in [0.15, 0.2) is 0 Å². The molecule has 7 heteroatoms. The highest BCUT2D eigenvalue weighted by Crippen LogP contribution is 2.26. The SMILES string of the molecule is CCn1c(=O)[nH]c2cc(C(=O)Nc3cccc(OC4CCCC4)c3)ccc2c1=O. The number of nitrogens with zero attached hydrogens (tertiary/aromatic N) is 1. The largest absolute Gasteiger partial charge is 0.490 e. The van der Waals surface area contributed by atoms with Crippen molar-refractivity contribution in [3.63, 3.8) is 0 Å². The van der Waals surface area contributed by atoms with Crippen LogP contribution in [0.25, 0.3) is 10.9 Å². The molecule has 1 aromatic heterocycles. The fourth-order valence-corrected chi connectivity index (χ4v) is 3.73. The van der Waals surface area contributed by atoms with Gasteiger partial charge in [0.05, 0.1) is 17.0 Å². The van der Waals surface area contributed by atoms with Crippen LogP contribution >= 0.6 is 0 Å². The number of carbonyl (C=O) groups is 1. The number of aromatic nitrogens is 2. The minimum Gasteiger partial charge on any atom is -0.490 e. The quantitative estimate of drug-likeness (QED) is 0.696. The molecule has 1 heterocycles. The number of hydrogen-bond acceptors (Lipinski definition) is 4. The highest BCUT2D eigenvalue weighted by atomic mass is 16.5. The minimum absolute atomic E-state index is 0.241. The maximum absolute atomic E-state index is 12.7. The zero-order valence-electron chi connectivity index (χ0n) is 16.2. The molecule has 0 atom stereocenters. The van der Waals surface area contributed by atoms with Gasteiger partial charge in [-0.25, -0.2) is 4.79 Å². The summed E-state index contributed by atoms with van der Waals surface area (Å²) in [5, 5.41) is 3.22. The van der Waals surface area contributed by atoms with E-state index in [1.165, 1.54) is 18.9 Å². The highest BCUT2D eigenvalue weighted by molar-refractivity contribution is 6.06. The Hall–Kier alpha value is -3.35. The second-order valence-electron chi connectivity index (χ2n) is 7.25. The lowest BCUT2D eigenvalue weighted by Gasteiger charge is -2.14. The van der Waals surface area contributed by atoms with Crippen LogP contribution in [0, 0.1) is 0 Å². The second-order valence-corrected chi connectivity index (χ2v) is 7.25. The monoisotopic (exact) mass is 393 g/mol. The summed E-state index contributed by atoms with van der Waals surface area (Å²) < 4.78 is 7.10. The maximum Gasteiger partial charge on any atom is 0.328 e. The molecule has 4 rings (SSSR count). The van der Waals surface area contributed by atoms with Gasteiger partial charge < -0.3 is 15.0 Å². The zero-order chi connectivity index (χ0) is 20.4. The molecule has 7 nitrogen and oxygen atoms in total. The summed E-state index contributed by atoms with van der Waals surface area (Å²) in [5.74, 6) is 0.406. The van der Waals surface area contributed by atoms with Gasteiger partial charge in [0.2, 0.25) is 0 Å². The summed E-state index contributed by atoms with van der Waals surface area (Å²) in [4.78, 5) is 39.7. The summed E-state index contributed by atoms with van der Waals surface area (Å²) in [5.41, 5.74) is 0.467. The van der Waals surface area contributed by atoms with Crippen molar-refractivity contribution in [2.24, 2.45) is 0 Å². The third kappa shape index (κ3) is 3.94. The van der Waals surface area contributed by atoms with Crippen LogP contribution in [0.2, 0.25) is 0 Å². The van der Waals surface area contributed by atoms with Gasteiger partial charge in [-0.05, 0) is 62.9 Å². The van der Waals surface area contributed by atoms with E-state index >= 15 is 0 Å². The molecular formula is C22H23N3O4. The summed E-state index contributed by atoms with van der Waals surface area (Å²) in [6.07, 6.45) is 4.74. The number of amides is 1. The third-order valence-electron chi connectivity index (χ3n) is 5.26. The first-order chi connectivity index (χ1) is 14.0. The van der Waals surface area contributed by atoms with Crippen LogP contribution in [0.4, 0.5) is 5.69 Å². The molecule has 0 unspecified atom stereocenters. The molecule has 0 saturated heterocycles. The molecule has 29 heavy (non-hydrogen) atoms. The van der Waals surface area contributed by atoms with Crippen molar-refractivity contribution in [2.45, 2.75) is 45.3 Å². The van der Waals surface area contributed by atoms with Crippen LogP contribution in [-0.4, -0.2) is 21.6 Å². The van der Waals surface area contributed by atoms with Crippen molar-refractivity contribution in [3.8, 4) is 5.75 Å². The van der Waals surface area contributed by atoms with E-state index < -0.39 is 5.69 Å². The Morgan fingerprint density at radius 1 is 1.17 bits per heavy atom. The lowest BCUT2D eigenvalue weighted by atomic mass is 10.1. The number of nitrogens with one attached hydrogen (secondary N) is 2. The second kappa shape index (κ2) is 7.95. The van der Waals surface area contributed by atoms with Crippen LogP contribution in [0.1, 0.15) is 43.0 Å². The lowest BCUT2D eigenvalue weighted by molar-refractivity contribution is 0.102. The summed E-state index contributed by atoms with van der Waals surface area (Å²) in [7, 11) is 0. The molecule has 0 bridgehead atoms. The Labute approximate surface area is 167 Å². The van der Waals surface area contributed by atoms with Gasteiger partial charge in [-0.3, -0.25) is 14.2 Å². The van der Waals surface area contributed by atoms with E-state index in [0.717, 1.165) is 23.2 Å². The summed E-state index contributed by atoms with van der Waals surface area (Å²) in [6.45, 7) is 2.01. The molecular weight excluding hydrogens is 370 g/mol. The van der Waals surface area contributed by atoms with E-state index in [2.05, 4.69) is 10.3 Å². The number of anilines is 1. The Kier molecular flexibility index (Phi) is 5.20. The molecule has 0 spiro atoms. The smallest absolute Gasteiger partial charge is 0.328 e. The predicted molar refractivity (Wildman–Crippen MR) is 112 cm³/mol. The van der Waals surface area contributed by atoms with Crippen LogP contribution < -0.4 is 21.3 Å². The molecule has 1 aliphatic rings. The van der Waals surface area contributed by atoms with Crippen molar-refractivity contribution >= 4 is 22.5 Å². The van der Waals surface area contributed by atoms with E-state index in [0.29, 0.717) is 22.2 Å². The minimum atomic E-state index is -0.487. The molecule has 0 aliphatic heterocycles. The number of aromatic amines is 1. The molecule has 2 aromatic carbocycles.